The van der Waals surface area contributed by atoms with Gasteiger partial charge in [0.05, 0.1) is 0 Å². The molecule has 1 fully saturated rings. The van der Waals surface area contributed by atoms with Crippen molar-refractivity contribution in [3.63, 3.8) is 0 Å². The summed E-state index contributed by atoms with van der Waals surface area (Å²) in [6.07, 6.45) is 3.81. The Kier molecular flexibility index (Phi) is 3.76. The molecule has 0 saturated carbocycles. The van der Waals surface area contributed by atoms with Crippen molar-refractivity contribution in [3.8, 4) is 0 Å². The number of hydrogen-bond acceptors (Lipinski definition) is 1. The van der Waals surface area contributed by atoms with Gasteiger partial charge >= 0.3 is 0 Å². The fourth-order valence-corrected chi connectivity index (χ4v) is 2.43. The molecule has 15 heavy (non-hydrogen) atoms. The first-order valence-corrected chi connectivity index (χ1v) is 6.21. The van der Waals surface area contributed by atoms with Crippen molar-refractivity contribution >= 4 is 15.9 Å². The van der Waals surface area contributed by atoms with Crippen LogP contribution < -0.4 is 0 Å². The minimum absolute atomic E-state index is 0.0937. The summed E-state index contributed by atoms with van der Waals surface area (Å²) in [5.74, 6) is -0.0937. The van der Waals surface area contributed by atoms with E-state index in [2.05, 4.69) is 20.8 Å². The van der Waals surface area contributed by atoms with Gasteiger partial charge in [-0.25, -0.2) is 4.39 Å². The van der Waals surface area contributed by atoms with Crippen molar-refractivity contribution < 1.29 is 4.39 Å². The third-order valence-corrected chi connectivity index (χ3v) is 3.34. The van der Waals surface area contributed by atoms with Crippen LogP contribution in [0.4, 0.5) is 4.39 Å². The van der Waals surface area contributed by atoms with E-state index in [1.54, 1.807) is 6.07 Å². The quantitative estimate of drug-likeness (QED) is 0.795. The zero-order valence-corrected chi connectivity index (χ0v) is 10.3. The van der Waals surface area contributed by atoms with Gasteiger partial charge in [-0.1, -0.05) is 22.4 Å². The van der Waals surface area contributed by atoms with Crippen LogP contribution in [0.25, 0.3) is 0 Å². The van der Waals surface area contributed by atoms with Crippen LogP contribution in [0.15, 0.2) is 22.7 Å². The smallest absolute Gasteiger partial charge is 0.127 e. The summed E-state index contributed by atoms with van der Waals surface area (Å²) in [7, 11) is 0. The Morgan fingerprint density at radius 2 is 1.93 bits per heavy atom. The van der Waals surface area contributed by atoms with Gasteiger partial charge in [-0.15, -0.1) is 0 Å². The van der Waals surface area contributed by atoms with Gasteiger partial charge in [0.2, 0.25) is 0 Å². The first-order valence-electron chi connectivity index (χ1n) is 5.42. The number of hydrogen-bond donors (Lipinski definition) is 0. The summed E-state index contributed by atoms with van der Waals surface area (Å²) >= 11 is 3.38. The molecule has 1 heterocycles. The lowest BCUT2D eigenvalue weighted by atomic mass is 10.1. The molecule has 1 aliphatic rings. The van der Waals surface area contributed by atoms with E-state index in [9.17, 15) is 4.39 Å². The highest BCUT2D eigenvalue weighted by Gasteiger charge is 2.12. The molecule has 2 rings (SSSR count). The van der Waals surface area contributed by atoms with Crippen molar-refractivity contribution in [2.24, 2.45) is 0 Å². The molecule has 3 heteroatoms. The zero-order chi connectivity index (χ0) is 10.7. The highest BCUT2D eigenvalue weighted by Crippen LogP contribution is 2.19. The summed E-state index contributed by atoms with van der Waals surface area (Å²) in [5.41, 5.74) is 0.797. The number of benzene rings is 1. The average molecular weight is 272 g/mol. The maximum absolute atomic E-state index is 13.5. The molecule has 1 saturated heterocycles. The van der Waals surface area contributed by atoms with Gasteiger partial charge in [0.1, 0.15) is 5.82 Å². The van der Waals surface area contributed by atoms with Crippen LogP contribution in [0.3, 0.4) is 0 Å². The van der Waals surface area contributed by atoms with Crippen LogP contribution in [0.2, 0.25) is 0 Å². The maximum atomic E-state index is 13.5. The number of rotatable bonds is 2. The van der Waals surface area contributed by atoms with Gasteiger partial charge in [-0.3, -0.25) is 4.90 Å². The second kappa shape index (κ2) is 5.08. The largest absolute Gasteiger partial charge is 0.299 e. The predicted octanol–water partition coefficient (Wildman–Crippen LogP) is 3.57. The Bertz CT molecular complexity index is 334. The molecule has 0 aromatic heterocycles. The molecule has 1 aromatic carbocycles. The Morgan fingerprint density at radius 3 is 2.67 bits per heavy atom. The van der Waals surface area contributed by atoms with E-state index in [1.165, 1.54) is 25.3 Å². The summed E-state index contributed by atoms with van der Waals surface area (Å²) in [5, 5.41) is 0. The van der Waals surface area contributed by atoms with Crippen LogP contribution in [0, 0.1) is 5.82 Å². The Labute approximate surface area is 98.4 Å². The molecule has 0 aliphatic carbocycles. The molecule has 0 unspecified atom stereocenters. The predicted molar refractivity (Wildman–Crippen MR) is 63.2 cm³/mol. The third kappa shape index (κ3) is 3.02. The molecule has 0 atom stereocenters. The molecular formula is C12H15BrFN. The SMILES string of the molecule is Fc1ccc(Br)cc1CN1CCCCC1. The molecule has 1 aliphatic heterocycles. The zero-order valence-electron chi connectivity index (χ0n) is 8.68. The van der Waals surface area contributed by atoms with Crippen molar-refractivity contribution in [3.05, 3.63) is 34.1 Å². The Hall–Kier alpha value is -0.410. The van der Waals surface area contributed by atoms with E-state index in [4.69, 9.17) is 0 Å². The lowest BCUT2D eigenvalue weighted by Gasteiger charge is -2.26. The summed E-state index contributed by atoms with van der Waals surface area (Å²) in [4.78, 5) is 2.33. The number of halogens is 2. The first kappa shape index (κ1) is 11.1. The highest BCUT2D eigenvalue weighted by atomic mass is 79.9. The third-order valence-electron chi connectivity index (χ3n) is 2.85. The van der Waals surface area contributed by atoms with Crippen molar-refractivity contribution in [1.82, 2.24) is 4.90 Å². The monoisotopic (exact) mass is 271 g/mol. The molecule has 82 valence electrons. The van der Waals surface area contributed by atoms with Crippen LogP contribution in [-0.4, -0.2) is 18.0 Å². The van der Waals surface area contributed by atoms with E-state index in [0.717, 1.165) is 29.7 Å². The Morgan fingerprint density at radius 1 is 1.20 bits per heavy atom. The van der Waals surface area contributed by atoms with Crippen LogP contribution >= 0.6 is 15.9 Å². The summed E-state index contributed by atoms with van der Waals surface area (Å²) < 4.78 is 14.4. The van der Waals surface area contributed by atoms with E-state index in [-0.39, 0.29) is 5.82 Å². The van der Waals surface area contributed by atoms with Gasteiger partial charge in [0.25, 0.3) is 0 Å². The summed E-state index contributed by atoms with van der Waals surface area (Å²) in [6, 6.07) is 5.16. The summed E-state index contributed by atoms with van der Waals surface area (Å²) in [6.45, 7) is 2.95. The van der Waals surface area contributed by atoms with Crippen molar-refractivity contribution in [1.29, 1.82) is 0 Å². The molecule has 0 N–H and O–H groups in total. The second-order valence-electron chi connectivity index (χ2n) is 4.07. The van der Waals surface area contributed by atoms with E-state index in [1.807, 2.05) is 6.07 Å². The van der Waals surface area contributed by atoms with Gasteiger partial charge < -0.3 is 0 Å². The second-order valence-corrected chi connectivity index (χ2v) is 4.99. The number of nitrogens with zero attached hydrogens (tertiary/aromatic N) is 1. The van der Waals surface area contributed by atoms with Crippen molar-refractivity contribution in [2.75, 3.05) is 13.1 Å². The number of piperidine rings is 1. The van der Waals surface area contributed by atoms with Gasteiger partial charge in [-0.05, 0) is 44.1 Å². The standard InChI is InChI=1S/C12H15BrFN/c13-11-4-5-12(14)10(8-11)9-15-6-2-1-3-7-15/h4-5,8H,1-3,6-7,9H2. The molecular weight excluding hydrogens is 257 g/mol. The minimum atomic E-state index is -0.0937. The minimum Gasteiger partial charge on any atom is -0.299 e. The molecule has 0 amide bonds. The van der Waals surface area contributed by atoms with E-state index < -0.39 is 0 Å². The van der Waals surface area contributed by atoms with Crippen LogP contribution in [0.5, 0.6) is 0 Å². The van der Waals surface area contributed by atoms with Gasteiger partial charge in [-0.2, -0.15) is 0 Å². The van der Waals surface area contributed by atoms with E-state index >= 15 is 0 Å². The lowest BCUT2D eigenvalue weighted by Crippen LogP contribution is -2.29. The van der Waals surface area contributed by atoms with Gasteiger partial charge in [0, 0.05) is 16.6 Å². The molecule has 0 bridgehead atoms. The fraction of sp³-hybridized carbons (Fsp3) is 0.500. The molecule has 1 nitrogen and oxygen atoms in total. The highest BCUT2D eigenvalue weighted by molar-refractivity contribution is 9.10. The van der Waals surface area contributed by atoms with Crippen LogP contribution in [-0.2, 0) is 6.54 Å². The lowest BCUT2D eigenvalue weighted by molar-refractivity contribution is 0.218. The van der Waals surface area contributed by atoms with Crippen LogP contribution in [0.1, 0.15) is 24.8 Å². The first-order chi connectivity index (χ1) is 7.25. The van der Waals surface area contributed by atoms with E-state index in [0.29, 0.717) is 0 Å². The normalized spacial score (nSPS) is 18.0. The topological polar surface area (TPSA) is 3.24 Å². The van der Waals surface area contributed by atoms with Crippen molar-refractivity contribution in [2.45, 2.75) is 25.8 Å². The van der Waals surface area contributed by atoms with Gasteiger partial charge in [0.15, 0.2) is 0 Å². The number of likely N-dealkylation sites (tertiary alicyclic amines) is 1. The maximum Gasteiger partial charge on any atom is 0.127 e. The molecule has 1 aromatic rings. The fourth-order valence-electron chi connectivity index (χ4n) is 2.02. The Balaban J connectivity index is 2.05. The average Bonchev–Trinajstić information content (AvgIpc) is 2.25. The molecule has 0 spiro atoms. The molecule has 0 radical (unpaired) electrons.